The molecule has 2 aliphatic rings. The maximum absolute atomic E-state index is 5.35. The Morgan fingerprint density at radius 3 is 2.83 bits per heavy atom. The number of ether oxygens (including phenoxy) is 3. The summed E-state index contributed by atoms with van der Waals surface area (Å²) in [5, 5.41) is 3.40. The molecule has 0 atom stereocenters. The summed E-state index contributed by atoms with van der Waals surface area (Å²) in [5.41, 5.74) is 1.08. The second-order valence-electron chi connectivity index (χ2n) is 4.45. The summed E-state index contributed by atoms with van der Waals surface area (Å²) >= 11 is 0. The molecule has 0 bridgehead atoms. The summed E-state index contributed by atoms with van der Waals surface area (Å²) < 4.78 is 15.9. The molecule has 0 unspecified atom stereocenters. The standard InChI is InChI=1S/C13H18N2O3/c1-2-12-13(18-10-17-12)9-11(1)14-3-4-15-5-7-16-8-6-15/h1-2,9,14H,3-8,10H2. The van der Waals surface area contributed by atoms with E-state index >= 15 is 0 Å². The van der Waals surface area contributed by atoms with Crippen molar-refractivity contribution < 1.29 is 14.2 Å². The van der Waals surface area contributed by atoms with E-state index in [2.05, 4.69) is 10.2 Å². The summed E-state index contributed by atoms with van der Waals surface area (Å²) in [7, 11) is 0. The lowest BCUT2D eigenvalue weighted by Crippen LogP contribution is -2.38. The quantitative estimate of drug-likeness (QED) is 0.868. The zero-order chi connectivity index (χ0) is 12.2. The molecule has 0 saturated carbocycles. The summed E-state index contributed by atoms with van der Waals surface area (Å²) in [5.74, 6) is 1.65. The van der Waals surface area contributed by atoms with Gasteiger partial charge in [0, 0.05) is 37.9 Å². The predicted molar refractivity (Wildman–Crippen MR) is 68.3 cm³/mol. The second kappa shape index (κ2) is 5.46. The number of hydrogen-bond acceptors (Lipinski definition) is 5. The highest BCUT2D eigenvalue weighted by molar-refractivity contribution is 5.55. The molecule has 1 fully saturated rings. The minimum absolute atomic E-state index is 0.326. The topological polar surface area (TPSA) is 43.0 Å². The van der Waals surface area contributed by atoms with E-state index < -0.39 is 0 Å². The molecule has 1 aromatic rings. The predicted octanol–water partition coefficient (Wildman–Crippen LogP) is 1.16. The van der Waals surface area contributed by atoms with Gasteiger partial charge in [0.05, 0.1) is 13.2 Å². The van der Waals surface area contributed by atoms with Gasteiger partial charge < -0.3 is 19.5 Å². The zero-order valence-electron chi connectivity index (χ0n) is 10.4. The van der Waals surface area contributed by atoms with Crippen molar-refractivity contribution >= 4 is 5.69 Å². The lowest BCUT2D eigenvalue weighted by Gasteiger charge is -2.26. The van der Waals surface area contributed by atoms with Crippen LogP contribution in [0.15, 0.2) is 18.2 Å². The van der Waals surface area contributed by atoms with Crippen LogP contribution in [0.25, 0.3) is 0 Å². The van der Waals surface area contributed by atoms with E-state index in [0.717, 1.165) is 56.6 Å². The molecule has 2 heterocycles. The summed E-state index contributed by atoms with van der Waals surface area (Å²) in [6.45, 7) is 6.06. The number of benzene rings is 1. The first-order chi connectivity index (χ1) is 8.92. The average molecular weight is 250 g/mol. The fraction of sp³-hybridized carbons (Fsp3) is 0.538. The molecule has 18 heavy (non-hydrogen) atoms. The normalized spacial score (nSPS) is 18.9. The Morgan fingerprint density at radius 2 is 1.94 bits per heavy atom. The maximum atomic E-state index is 5.35. The molecule has 0 spiro atoms. The van der Waals surface area contributed by atoms with E-state index in [4.69, 9.17) is 14.2 Å². The first-order valence-corrected chi connectivity index (χ1v) is 6.35. The number of hydrogen-bond donors (Lipinski definition) is 1. The van der Waals surface area contributed by atoms with Gasteiger partial charge in [-0.3, -0.25) is 4.90 Å². The first-order valence-electron chi connectivity index (χ1n) is 6.35. The Morgan fingerprint density at radius 1 is 1.11 bits per heavy atom. The van der Waals surface area contributed by atoms with Crippen LogP contribution >= 0.6 is 0 Å². The lowest BCUT2D eigenvalue weighted by molar-refractivity contribution is 0.0398. The Hall–Kier alpha value is -1.46. The van der Waals surface area contributed by atoms with Gasteiger partial charge in [-0.1, -0.05) is 0 Å². The van der Waals surface area contributed by atoms with Gasteiger partial charge in [0.1, 0.15) is 0 Å². The molecule has 0 radical (unpaired) electrons. The number of rotatable bonds is 4. The molecular weight excluding hydrogens is 232 g/mol. The van der Waals surface area contributed by atoms with Gasteiger partial charge in [0.15, 0.2) is 11.5 Å². The van der Waals surface area contributed by atoms with Gasteiger partial charge in [0.25, 0.3) is 0 Å². The van der Waals surface area contributed by atoms with Crippen LogP contribution in [0.2, 0.25) is 0 Å². The van der Waals surface area contributed by atoms with Crippen LogP contribution in [0.1, 0.15) is 0 Å². The molecule has 0 aromatic heterocycles. The molecule has 1 N–H and O–H groups in total. The van der Waals surface area contributed by atoms with Crippen molar-refractivity contribution in [2.75, 3.05) is 51.5 Å². The summed E-state index contributed by atoms with van der Waals surface area (Å²) in [6, 6.07) is 5.95. The molecule has 1 saturated heterocycles. The van der Waals surface area contributed by atoms with Crippen LogP contribution in [-0.4, -0.2) is 51.1 Å². The fourth-order valence-electron chi connectivity index (χ4n) is 2.19. The fourth-order valence-corrected chi connectivity index (χ4v) is 2.19. The van der Waals surface area contributed by atoms with E-state index in [0.29, 0.717) is 6.79 Å². The van der Waals surface area contributed by atoms with Crippen LogP contribution < -0.4 is 14.8 Å². The maximum Gasteiger partial charge on any atom is 0.231 e. The molecule has 5 heteroatoms. The summed E-state index contributed by atoms with van der Waals surface area (Å²) in [6.07, 6.45) is 0. The van der Waals surface area contributed by atoms with Gasteiger partial charge in [-0.25, -0.2) is 0 Å². The van der Waals surface area contributed by atoms with Crippen LogP contribution in [0.5, 0.6) is 11.5 Å². The smallest absolute Gasteiger partial charge is 0.231 e. The number of morpholine rings is 1. The second-order valence-corrected chi connectivity index (χ2v) is 4.45. The van der Waals surface area contributed by atoms with Crippen LogP contribution in [0, 0.1) is 0 Å². The molecule has 98 valence electrons. The number of anilines is 1. The van der Waals surface area contributed by atoms with E-state index in [1.54, 1.807) is 0 Å². The molecular formula is C13H18N2O3. The highest BCUT2D eigenvalue weighted by atomic mass is 16.7. The minimum atomic E-state index is 0.326. The van der Waals surface area contributed by atoms with E-state index in [1.807, 2.05) is 18.2 Å². The van der Waals surface area contributed by atoms with Crippen molar-refractivity contribution in [3.8, 4) is 11.5 Å². The zero-order valence-corrected chi connectivity index (χ0v) is 10.4. The van der Waals surface area contributed by atoms with Crippen molar-refractivity contribution in [2.45, 2.75) is 0 Å². The summed E-state index contributed by atoms with van der Waals surface area (Å²) in [4.78, 5) is 2.41. The molecule has 1 aromatic carbocycles. The van der Waals surface area contributed by atoms with Crippen LogP contribution in [0.3, 0.4) is 0 Å². The third-order valence-corrected chi connectivity index (χ3v) is 3.23. The molecule has 5 nitrogen and oxygen atoms in total. The van der Waals surface area contributed by atoms with E-state index in [9.17, 15) is 0 Å². The van der Waals surface area contributed by atoms with Gasteiger partial charge in [-0.2, -0.15) is 0 Å². The van der Waals surface area contributed by atoms with Crippen molar-refractivity contribution in [1.29, 1.82) is 0 Å². The molecule has 0 aliphatic carbocycles. The van der Waals surface area contributed by atoms with Gasteiger partial charge in [-0.05, 0) is 12.1 Å². The van der Waals surface area contributed by atoms with Crippen LogP contribution in [-0.2, 0) is 4.74 Å². The Labute approximate surface area is 107 Å². The number of nitrogens with one attached hydrogen (secondary N) is 1. The third kappa shape index (κ3) is 2.68. The highest BCUT2D eigenvalue weighted by Gasteiger charge is 2.13. The average Bonchev–Trinajstić information content (AvgIpc) is 2.87. The Bertz CT molecular complexity index is 405. The molecule has 0 amide bonds. The number of fused-ring (bicyclic) bond motifs is 1. The van der Waals surface area contributed by atoms with Gasteiger partial charge >= 0.3 is 0 Å². The van der Waals surface area contributed by atoms with Crippen LogP contribution in [0.4, 0.5) is 5.69 Å². The monoisotopic (exact) mass is 250 g/mol. The Kier molecular flexibility index (Phi) is 3.52. The molecule has 2 aliphatic heterocycles. The minimum Gasteiger partial charge on any atom is -0.454 e. The van der Waals surface area contributed by atoms with E-state index in [1.165, 1.54) is 0 Å². The van der Waals surface area contributed by atoms with Crippen molar-refractivity contribution in [3.63, 3.8) is 0 Å². The first kappa shape index (κ1) is 11.6. The van der Waals surface area contributed by atoms with Gasteiger partial charge in [-0.15, -0.1) is 0 Å². The van der Waals surface area contributed by atoms with E-state index in [-0.39, 0.29) is 0 Å². The molecule has 3 rings (SSSR count). The number of nitrogens with zero attached hydrogens (tertiary/aromatic N) is 1. The lowest BCUT2D eigenvalue weighted by atomic mass is 10.3. The SMILES string of the molecule is c1cc2c(cc1NCCN1CCOCC1)OCO2. The van der Waals surface area contributed by atoms with Crippen molar-refractivity contribution in [3.05, 3.63) is 18.2 Å². The third-order valence-electron chi connectivity index (χ3n) is 3.23. The highest BCUT2D eigenvalue weighted by Crippen LogP contribution is 2.34. The van der Waals surface area contributed by atoms with Crippen molar-refractivity contribution in [2.24, 2.45) is 0 Å². The Balaban J connectivity index is 1.48. The van der Waals surface area contributed by atoms with Gasteiger partial charge in [0.2, 0.25) is 6.79 Å². The van der Waals surface area contributed by atoms with Crippen molar-refractivity contribution in [1.82, 2.24) is 4.90 Å². The largest absolute Gasteiger partial charge is 0.454 e.